The summed E-state index contributed by atoms with van der Waals surface area (Å²) in [5.41, 5.74) is 8.63. The Morgan fingerprint density at radius 2 is 1.65 bits per heavy atom. The van der Waals surface area contributed by atoms with Crippen LogP contribution in [0.3, 0.4) is 0 Å². The molecule has 2 aromatic carbocycles. The van der Waals surface area contributed by atoms with Crippen LogP contribution in [0, 0.1) is 0 Å². The lowest BCUT2D eigenvalue weighted by Gasteiger charge is -2.23. The number of nitrogens with zero attached hydrogens (tertiary/aromatic N) is 2. The predicted octanol–water partition coefficient (Wildman–Crippen LogP) is 2.50. The lowest BCUT2D eigenvalue weighted by Crippen LogP contribution is -2.35. The van der Waals surface area contributed by atoms with Crippen molar-refractivity contribution < 1.29 is 4.79 Å². The highest BCUT2D eigenvalue weighted by molar-refractivity contribution is 5.94. The first kappa shape index (κ1) is 15.6. The summed E-state index contributed by atoms with van der Waals surface area (Å²) in [6, 6.07) is 18.0. The molecule has 0 saturated carbocycles. The zero-order valence-corrected chi connectivity index (χ0v) is 13.3. The monoisotopic (exact) mass is 309 g/mol. The summed E-state index contributed by atoms with van der Waals surface area (Å²) in [6.45, 7) is 3.92. The van der Waals surface area contributed by atoms with Crippen molar-refractivity contribution in [3.8, 4) is 0 Å². The van der Waals surface area contributed by atoms with Crippen LogP contribution in [-0.4, -0.2) is 37.0 Å². The number of hydrogen-bond acceptors (Lipinski definition) is 3. The Hall–Kier alpha value is -2.33. The SMILES string of the molecule is NCc1ccc(C(=O)N2CCCN(c3ccccc3)CC2)cc1. The highest BCUT2D eigenvalue weighted by Gasteiger charge is 2.20. The Kier molecular flexibility index (Phi) is 4.93. The minimum atomic E-state index is 0.114. The van der Waals surface area contributed by atoms with Crippen molar-refractivity contribution in [3.63, 3.8) is 0 Å². The van der Waals surface area contributed by atoms with Gasteiger partial charge in [-0.2, -0.15) is 0 Å². The molecule has 4 heteroatoms. The molecule has 4 nitrogen and oxygen atoms in total. The largest absolute Gasteiger partial charge is 0.370 e. The molecule has 3 rings (SSSR count). The minimum absolute atomic E-state index is 0.114. The Balaban J connectivity index is 1.66. The van der Waals surface area contributed by atoms with Gasteiger partial charge in [-0.05, 0) is 36.2 Å². The third kappa shape index (κ3) is 3.71. The van der Waals surface area contributed by atoms with E-state index in [1.165, 1.54) is 5.69 Å². The third-order valence-electron chi connectivity index (χ3n) is 4.34. The average molecular weight is 309 g/mol. The van der Waals surface area contributed by atoms with Gasteiger partial charge in [0.1, 0.15) is 0 Å². The van der Waals surface area contributed by atoms with E-state index in [4.69, 9.17) is 5.73 Å². The molecule has 2 N–H and O–H groups in total. The van der Waals surface area contributed by atoms with Gasteiger partial charge < -0.3 is 15.5 Å². The lowest BCUT2D eigenvalue weighted by atomic mass is 10.1. The first-order valence-electron chi connectivity index (χ1n) is 8.16. The smallest absolute Gasteiger partial charge is 0.253 e. The van der Waals surface area contributed by atoms with Gasteiger partial charge in [-0.3, -0.25) is 4.79 Å². The molecule has 1 fully saturated rings. The number of carbonyl (C=O) groups is 1. The molecule has 23 heavy (non-hydrogen) atoms. The quantitative estimate of drug-likeness (QED) is 0.948. The molecule has 120 valence electrons. The number of hydrogen-bond donors (Lipinski definition) is 1. The highest BCUT2D eigenvalue weighted by atomic mass is 16.2. The highest BCUT2D eigenvalue weighted by Crippen LogP contribution is 2.17. The number of nitrogens with two attached hydrogens (primary N) is 1. The van der Waals surface area contributed by atoms with E-state index >= 15 is 0 Å². The van der Waals surface area contributed by atoms with Gasteiger partial charge in [-0.1, -0.05) is 30.3 Å². The number of anilines is 1. The van der Waals surface area contributed by atoms with E-state index in [9.17, 15) is 4.79 Å². The maximum atomic E-state index is 12.7. The Morgan fingerprint density at radius 3 is 2.35 bits per heavy atom. The van der Waals surface area contributed by atoms with Crippen molar-refractivity contribution in [2.75, 3.05) is 31.1 Å². The van der Waals surface area contributed by atoms with Crippen molar-refractivity contribution >= 4 is 11.6 Å². The van der Waals surface area contributed by atoms with Crippen molar-refractivity contribution in [1.29, 1.82) is 0 Å². The topological polar surface area (TPSA) is 49.6 Å². The number of amides is 1. The molecule has 0 radical (unpaired) electrons. The maximum absolute atomic E-state index is 12.7. The summed E-state index contributed by atoms with van der Waals surface area (Å²) in [5.74, 6) is 0.114. The Labute approximate surface area is 137 Å². The van der Waals surface area contributed by atoms with E-state index in [1.54, 1.807) is 0 Å². The van der Waals surface area contributed by atoms with E-state index in [-0.39, 0.29) is 5.91 Å². The van der Waals surface area contributed by atoms with Gasteiger partial charge in [-0.25, -0.2) is 0 Å². The second-order valence-corrected chi connectivity index (χ2v) is 5.87. The summed E-state index contributed by atoms with van der Waals surface area (Å²) < 4.78 is 0. The zero-order valence-electron chi connectivity index (χ0n) is 13.3. The van der Waals surface area contributed by atoms with Gasteiger partial charge in [0.25, 0.3) is 5.91 Å². The van der Waals surface area contributed by atoms with Crippen LogP contribution in [-0.2, 0) is 6.54 Å². The summed E-state index contributed by atoms with van der Waals surface area (Å²) in [6.07, 6.45) is 0.988. The Morgan fingerprint density at radius 1 is 0.913 bits per heavy atom. The van der Waals surface area contributed by atoms with Gasteiger partial charge in [0.15, 0.2) is 0 Å². The van der Waals surface area contributed by atoms with E-state index in [2.05, 4.69) is 29.2 Å². The molecule has 0 aliphatic carbocycles. The zero-order chi connectivity index (χ0) is 16.1. The standard InChI is InChI=1S/C19H23N3O/c20-15-16-7-9-17(10-8-16)19(23)22-12-4-11-21(13-14-22)18-5-2-1-3-6-18/h1-3,5-10H,4,11-15,20H2. The molecule has 1 heterocycles. The molecule has 1 amide bonds. The fraction of sp³-hybridized carbons (Fsp3) is 0.316. The van der Waals surface area contributed by atoms with Crippen molar-refractivity contribution in [2.45, 2.75) is 13.0 Å². The van der Waals surface area contributed by atoms with Crippen LogP contribution in [0.2, 0.25) is 0 Å². The third-order valence-corrected chi connectivity index (χ3v) is 4.34. The van der Waals surface area contributed by atoms with E-state index in [1.807, 2.05) is 35.2 Å². The van der Waals surface area contributed by atoms with Crippen LogP contribution in [0.15, 0.2) is 54.6 Å². The molecule has 0 spiro atoms. The van der Waals surface area contributed by atoms with Crippen molar-refractivity contribution in [3.05, 3.63) is 65.7 Å². The van der Waals surface area contributed by atoms with E-state index < -0.39 is 0 Å². The number of para-hydroxylation sites is 1. The summed E-state index contributed by atoms with van der Waals surface area (Å²) in [7, 11) is 0. The second-order valence-electron chi connectivity index (χ2n) is 5.87. The van der Waals surface area contributed by atoms with Crippen LogP contribution in [0.1, 0.15) is 22.3 Å². The predicted molar refractivity (Wildman–Crippen MR) is 93.5 cm³/mol. The van der Waals surface area contributed by atoms with Crippen molar-refractivity contribution in [1.82, 2.24) is 4.90 Å². The summed E-state index contributed by atoms with van der Waals surface area (Å²) >= 11 is 0. The lowest BCUT2D eigenvalue weighted by molar-refractivity contribution is 0.0767. The van der Waals surface area contributed by atoms with Crippen LogP contribution in [0.5, 0.6) is 0 Å². The molecule has 2 aromatic rings. The first-order chi connectivity index (χ1) is 11.3. The molecule has 0 aromatic heterocycles. The van der Waals surface area contributed by atoms with Gasteiger partial charge in [0.05, 0.1) is 0 Å². The van der Waals surface area contributed by atoms with Crippen LogP contribution in [0.25, 0.3) is 0 Å². The molecule has 0 atom stereocenters. The summed E-state index contributed by atoms with van der Waals surface area (Å²) in [5, 5.41) is 0. The molecule has 1 aliphatic heterocycles. The molecule has 0 unspecified atom stereocenters. The van der Waals surface area contributed by atoms with Gasteiger partial charge in [0, 0.05) is 44.0 Å². The Bertz CT molecular complexity index is 639. The van der Waals surface area contributed by atoms with E-state index in [0.29, 0.717) is 6.54 Å². The molecule has 1 aliphatic rings. The second kappa shape index (κ2) is 7.29. The fourth-order valence-corrected chi connectivity index (χ4v) is 2.98. The van der Waals surface area contributed by atoms with Crippen molar-refractivity contribution in [2.24, 2.45) is 5.73 Å². The van der Waals surface area contributed by atoms with E-state index in [0.717, 1.165) is 43.7 Å². The number of carbonyl (C=O) groups excluding carboxylic acids is 1. The number of benzene rings is 2. The summed E-state index contributed by atoms with van der Waals surface area (Å²) in [4.78, 5) is 17.0. The van der Waals surface area contributed by atoms with Crippen LogP contribution >= 0.6 is 0 Å². The fourth-order valence-electron chi connectivity index (χ4n) is 2.98. The first-order valence-corrected chi connectivity index (χ1v) is 8.16. The molecular weight excluding hydrogens is 286 g/mol. The van der Waals surface area contributed by atoms with Crippen LogP contribution in [0.4, 0.5) is 5.69 Å². The van der Waals surface area contributed by atoms with Gasteiger partial charge >= 0.3 is 0 Å². The minimum Gasteiger partial charge on any atom is -0.370 e. The average Bonchev–Trinajstić information content (AvgIpc) is 2.88. The normalized spacial score (nSPS) is 15.3. The van der Waals surface area contributed by atoms with Crippen LogP contribution < -0.4 is 10.6 Å². The number of rotatable bonds is 3. The maximum Gasteiger partial charge on any atom is 0.253 e. The molecule has 1 saturated heterocycles. The van der Waals surface area contributed by atoms with Gasteiger partial charge in [0.2, 0.25) is 0 Å². The molecular formula is C19H23N3O. The molecule has 0 bridgehead atoms. The van der Waals surface area contributed by atoms with Gasteiger partial charge in [-0.15, -0.1) is 0 Å².